The van der Waals surface area contributed by atoms with E-state index in [1.165, 1.54) is 10.5 Å². The largest absolute Gasteiger partial charge is 0.398 e. The van der Waals surface area contributed by atoms with Crippen molar-refractivity contribution in [3.8, 4) is 0 Å². The van der Waals surface area contributed by atoms with Gasteiger partial charge in [-0.1, -0.05) is 19.1 Å². The molecule has 1 aromatic rings. The van der Waals surface area contributed by atoms with Gasteiger partial charge in [0.05, 0.1) is 0 Å². The first-order valence-electron chi connectivity index (χ1n) is 3.73. The van der Waals surface area contributed by atoms with Gasteiger partial charge in [-0.15, -0.1) is 11.8 Å². The van der Waals surface area contributed by atoms with Gasteiger partial charge in [-0.25, -0.2) is 0 Å². The van der Waals surface area contributed by atoms with Gasteiger partial charge in [0.2, 0.25) is 0 Å². The van der Waals surface area contributed by atoms with Crippen LogP contribution in [0.5, 0.6) is 0 Å². The summed E-state index contributed by atoms with van der Waals surface area (Å²) in [6, 6.07) is 6.03. The predicted molar refractivity (Wildman–Crippen MR) is 52.0 cm³/mol. The Labute approximate surface area is 72.0 Å². The maximum absolute atomic E-state index is 5.79. The average molecular weight is 167 g/mol. The Morgan fingerprint density at radius 3 is 2.73 bits per heavy atom. The molecule has 0 amide bonds. The van der Waals surface area contributed by atoms with Gasteiger partial charge in [-0.3, -0.25) is 0 Å². The van der Waals surface area contributed by atoms with Crippen LogP contribution >= 0.6 is 11.8 Å². The molecule has 2 heteroatoms. The van der Waals surface area contributed by atoms with E-state index in [1.807, 2.05) is 12.1 Å². The average Bonchev–Trinajstić information content (AvgIpc) is 1.97. The van der Waals surface area contributed by atoms with Crippen LogP contribution in [0.4, 0.5) is 5.69 Å². The molecule has 60 valence electrons. The molecule has 0 saturated carbocycles. The molecule has 0 bridgehead atoms. The van der Waals surface area contributed by atoms with E-state index in [-0.39, 0.29) is 0 Å². The molecule has 0 heterocycles. The Bertz CT molecular complexity index is 225. The van der Waals surface area contributed by atoms with Crippen LogP contribution in [-0.2, 0) is 0 Å². The highest BCUT2D eigenvalue weighted by Crippen LogP contribution is 2.27. The number of aryl methyl sites for hydroxylation is 1. The third kappa shape index (κ3) is 1.90. The molecule has 2 N–H and O–H groups in total. The lowest BCUT2D eigenvalue weighted by Gasteiger charge is -2.06. The first-order chi connectivity index (χ1) is 5.25. The zero-order valence-electron chi connectivity index (χ0n) is 6.92. The molecule has 0 aliphatic rings. The van der Waals surface area contributed by atoms with Crippen molar-refractivity contribution in [2.45, 2.75) is 18.7 Å². The summed E-state index contributed by atoms with van der Waals surface area (Å²) >= 11 is 1.80. The van der Waals surface area contributed by atoms with E-state index in [2.05, 4.69) is 19.9 Å². The van der Waals surface area contributed by atoms with Crippen molar-refractivity contribution in [3.63, 3.8) is 0 Å². The molecule has 0 unspecified atom stereocenters. The molecular formula is C9H13NS. The fourth-order valence-corrected chi connectivity index (χ4v) is 1.84. The lowest BCUT2D eigenvalue weighted by Crippen LogP contribution is -1.90. The zero-order chi connectivity index (χ0) is 8.27. The van der Waals surface area contributed by atoms with E-state index in [9.17, 15) is 0 Å². The monoisotopic (exact) mass is 167 g/mol. The van der Waals surface area contributed by atoms with Gasteiger partial charge in [-0.05, 0) is 24.3 Å². The van der Waals surface area contributed by atoms with Crippen molar-refractivity contribution in [3.05, 3.63) is 23.8 Å². The van der Waals surface area contributed by atoms with Gasteiger partial charge >= 0.3 is 0 Å². The van der Waals surface area contributed by atoms with Gasteiger partial charge in [-0.2, -0.15) is 0 Å². The Hall–Kier alpha value is -0.630. The fourth-order valence-electron chi connectivity index (χ4n) is 1.02. The quantitative estimate of drug-likeness (QED) is 0.541. The molecule has 0 fully saturated rings. The summed E-state index contributed by atoms with van der Waals surface area (Å²) in [6.45, 7) is 4.23. The first kappa shape index (κ1) is 8.47. The smallest absolute Gasteiger partial charge is 0.0454 e. The highest BCUT2D eigenvalue weighted by molar-refractivity contribution is 7.99. The summed E-state index contributed by atoms with van der Waals surface area (Å²) in [5, 5.41) is 0. The summed E-state index contributed by atoms with van der Waals surface area (Å²) < 4.78 is 0. The van der Waals surface area contributed by atoms with Crippen LogP contribution in [0.1, 0.15) is 12.5 Å². The minimum absolute atomic E-state index is 0.900. The Kier molecular flexibility index (Phi) is 2.83. The van der Waals surface area contributed by atoms with E-state index in [1.54, 1.807) is 11.8 Å². The molecule has 0 saturated heterocycles. The standard InChI is InChI=1S/C9H13NS/c1-3-11-9-7(2)5-4-6-8(9)10/h4-6H,3,10H2,1-2H3. The van der Waals surface area contributed by atoms with Crippen LogP contribution in [-0.4, -0.2) is 5.75 Å². The topological polar surface area (TPSA) is 26.0 Å². The van der Waals surface area contributed by atoms with E-state index < -0.39 is 0 Å². The van der Waals surface area contributed by atoms with Gasteiger partial charge in [0.15, 0.2) is 0 Å². The number of hydrogen-bond acceptors (Lipinski definition) is 2. The highest BCUT2D eigenvalue weighted by atomic mass is 32.2. The molecule has 1 nitrogen and oxygen atoms in total. The molecule has 0 aliphatic carbocycles. The van der Waals surface area contributed by atoms with Crippen molar-refractivity contribution in [1.82, 2.24) is 0 Å². The lowest BCUT2D eigenvalue weighted by atomic mass is 10.2. The summed E-state index contributed by atoms with van der Waals surface area (Å²) in [6.07, 6.45) is 0. The molecule has 0 aliphatic heterocycles. The lowest BCUT2D eigenvalue weighted by molar-refractivity contribution is 1.30. The van der Waals surface area contributed by atoms with Gasteiger partial charge in [0, 0.05) is 10.6 Å². The molecule has 1 aromatic carbocycles. The number of hydrogen-bond donors (Lipinski definition) is 1. The minimum Gasteiger partial charge on any atom is -0.398 e. The summed E-state index contributed by atoms with van der Waals surface area (Å²) in [4.78, 5) is 1.23. The number of thioether (sulfide) groups is 1. The number of benzene rings is 1. The van der Waals surface area contributed by atoms with E-state index >= 15 is 0 Å². The number of nitrogen functional groups attached to an aromatic ring is 1. The third-order valence-electron chi connectivity index (χ3n) is 1.53. The Morgan fingerprint density at radius 2 is 2.18 bits per heavy atom. The van der Waals surface area contributed by atoms with Crippen LogP contribution in [0.25, 0.3) is 0 Å². The second-order valence-electron chi connectivity index (χ2n) is 2.43. The normalized spacial score (nSPS) is 10.0. The second-order valence-corrected chi connectivity index (χ2v) is 3.70. The van der Waals surface area contributed by atoms with Crippen LogP contribution in [0.15, 0.2) is 23.1 Å². The minimum atomic E-state index is 0.900. The molecule has 11 heavy (non-hydrogen) atoms. The predicted octanol–water partition coefficient (Wildman–Crippen LogP) is 2.69. The maximum Gasteiger partial charge on any atom is 0.0454 e. The fraction of sp³-hybridized carbons (Fsp3) is 0.333. The third-order valence-corrected chi connectivity index (χ3v) is 2.67. The van der Waals surface area contributed by atoms with E-state index in [0.717, 1.165) is 11.4 Å². The second kappa shape index (κ2) is 3.67. The van der Waals surface area contributed by atoms with Crippen LogP contribution < -0.4 is 5.73 Å². The summed E-state index contributed by atoms with van der Waals surface area (Å²) in [7, 11) is 0. The van der Waals surface area contributed by atoms with Crippen LogP contribution in [0, 0.1) is 6.92 Å². The molecular weight excluding hydrogens is 154 g/mol. The van der Waals surface area contributed by atoms with Crippen molar-refractivity contribution in [2.24, 2.45) is 0 Å². The van der Waals surface area contributed by atoms with E-state index in [4.69, 9.17) is 5.73 Å². The Balaban J connectivity index is 3.00. The molecule has 0 atom stereocenters. The highest BCUT2D eigenvalue weighted by Gasteiger charge is 2.00. The van der Waals surface area contributed by atoms with Gasteiger partial charge in [0.1, 0.15) is 0 Å². The van der Waals surface area contributed by atoms with Crippen molar-refractivity contribution < 1.29 is 0 Å². The van der Waals surface area contributed by atoms with E-state index in [0.29, 0.717) is 0 Å². The zero-order valence-corrected chi connectivity index (χ0v) is 7.74. The summed E-state index contributed by atoms with van der Waals surface area (Å²) in [5.74, 6) is 1.08. The SMILES string of the molecule is CCSc1c(C)cccc1N. The van der Waals surface area contributed by atoms with Crippen molar-refractivity contribution >= 4 is 17.4 Å². The first-order valence-corrected chi connectivity index (χ1v) is 4.72. The van der Waals surface area contributed by atoms with Crippen LogP contribution in [0.2, 0.25) is 0 Å². The van der Waals surface area contributed by atoms with Gasteiger partial charge in [0.25, 0.3) is 0 Å². The van der Waals surface area contributed by atoms with Crippen molar-refractivity contribution in [2.75, 3.05) is 11.5 Å². The van der Waals surface area contributed by atoms with Crippen molar-refractivity contribution in [1.29, 1.82) is 0 Å². The maximum atomic E-state index is 5.79. The molecule has 1 rings (SSSR count). The molecule has 0 spiro atoms. The summed E-state index contributed by atoms with van der Waals surface area (Å²) in [5.41, 5.74) is 7.96. The Morgan fingerprint density at radius 1 is 1.45 bits per heavy atom. The van der Waals surface area contributed by atoms with Gasteiger partial charge < -0.3 is 5.73 Å². The number of anilines is 1. The number of nitrogens with two attached hydrogens (primary N) is 1. The van der Waals surface area contributed by atoms with Crippen LogP contribution in [0.3, 0.4) is 0 Å². The number of rotatable bonds is 2. The molecule has 0 aromatic heterocycles. The molecule has 0 radical (unpaired) electrons.